The summed E-state index contributed by atoms with van der Waals surface area (Å²) in [5.41, 5.74) is 2.32. The highest BCUT2D eigenvalue weighted by atomic mass is 14.9. The van der Waals surface area contributed by atoms with Crippen LogP contribution < -0.4 is 5.32 Å². The summed E-state index contributed by atoms with van der Waals surface area (Å²) in [6.45, 7) is 41.5. The minimum Gasteiger partial charge on any atom is -0.312 e. The van der Waals surface area contributed by atoms with Crippen LogP contribution in [0.1, 0.15) is 137 Å². The quantitative estimate of drug-likeness (QED) is 0.322. The molecule has 0 atom stereocenters. The Morgan fingerprint density at radius 3 is 0.758 bits per heavy atom. The fourth-order valence-corrected chi connectivity index (χ4v) is 1.78. The van der Waals surface area contributed by atoms with Crippen LogP contribution in [0, 0.1) is 27.1 Å². The van der Waals surface area contributed by atoms with E-state index in [1.165, 1.54) is 12.8 Å². The molecule has 4 heteroatoms. The van der Waals surface area contributed by atoms with Crippen molar-refractivity contribution >= 4 is 25.2 Å². The molecule has 0 aromatic rings. The van der Waals surface area contributed by atoms with Gasteiger partial charge in [-0.3, -0.25) is 0 Å². The number of hydrogen-bond donors (Lipinski definition) is 1. The molecule has 0 aliphatic rings. The molecule has 9 radical (unpaired) electrons. The maximum absolute atomic E-state index is 3.46. The van der Waals surface area contributed by atoms with E-state index in [1.807, 2.05) is 0 Å². The largest absolute Gasteiger partial charge is 0.312 e. The molecule has 0 rings (SSSR count). The van der Waals surface area contributed by atoms with E-state index in [0.29, 0.717) is 27.1 Å². The average molecular weight is 458 g/mol. The van der Waals surface area contributed by atoms with Crippen molar-refractivity contribution in [3.63, 3.8) is 0 Å². The summed E-state index contributed by atoms with van der Waals surface area (Å²) in [4.78, 5) is 0. The Bertz CT molecular complexity index is 382. The van der Waals surface area contributed by atoms with E-state index < -0.39 is 0 Å². The predicted octanol–water partition coefficient (Wildman–Crippen LogP) is 8.77. The first kappa shape index (κ1) is 46.3. The first-order valence-corrected chi connectivity index (χ1v) is 12.1. The van der Waals surface area contributed by atoms with Gasteiger partial charge in [0.15, 0.2) is 0 Å². The van der Waals surface area contributed by atoms with E-state index in [1.54, 1.807) is 0 Å². The molecule has 0 fully saturated rings. The van der Waals surface area contributed by atoms with Crippen molar-refractivity contribution in [1.82, 2.24) is 5.32 Å². The third-order valence-corrected chi connectivity index (χ3v) is 3.86. The second-order valence-corrected chi connectivity index (χ2v) is 15.9. The zero-order valence-corrected chi connectivity index (χ0v) is 26.5. The summed E-state index contributed by atoms with van der Waals surface area (Å²) in [5, 5.41) is 3.46. The lowest BCUT2D eigenvalue weighted by molar-refractivity contribution is 0.275. The highest BCUT2D eigenvalue weighted by molar-refractivity contribution is 5.76. The molecule has 0 aliphatic carbocycles. The zero-order chi connectivity index (χ0) is 25.2. The molecular weight excluding hydrogens is 395 g/mol. The normalized spacial score (nSPS) is 12.8. The Kier molecular flexibility index (Phi) is 24.3. The molecule has 0 aromatic heterocycles. The molecule has 0 saturated heterocycles. The van der Waals surface area contributed by atoms with Crippen LogP contribution in [-0.4, -0.2) is 37.3 Å². The number of hydrogen-bond acceptors (Lipinski definition) is 1. The topological polar surface area (TPSA) is 12.0 Å². The predicted molar refractivity (Wildman–Crippen MR) is 161 cm³/mol. The van der Waals surface area contributed by atoms with Crippen molar-refractivity contribution in [3.05, 3.63) is 12.2 Å². The van der Waals surface area contributed by atoms with Gasteiger partial charge >= 0.3 is 0 Å². The van der Waals surface area contributed by atoms with Crippen LogP contribution in [-0.2, 0) is 0 Å². The van der Waals surface area contributed by atoms with E-state index in [4.69, 9.17) is 0 Å². The Balaban J connectivity index is -0.0000000792. The molecule has 0 bridgehead atoms. The van der Waals surface area contributed by atoms with Gasteiger partial charge < -0.3 is 5.32 Å². The third-order valence-electron chi connectivity index (χ3n) is 3.86. The van der Waals surface area contributed by atoms with Crippen LogP contribution in [0.5, 0.6) is 0 Å². The van der Waals surface area contributed by atoms with Gasteiger partial charge in [0, 0.05) is 37.3 Å². The van der Waals surface area contributed by atoms with Crippen LogP contribution in [0.25, 0.3) is 0 Å². The third kappa shape index (κ3) is 65.3. The maximum Gasteiger partial charge on any atom is 0.00967 e. The first-order valence-electron chi connectivity index (χ1n) is 12.1. The summed E-state index contributed by atoms with van der Waals surface area (Å²) in [7, 11) is 0. The first-order chi connectivity index (χ1) is 12.6. The minimum absolute atomic E-state index is 0. The molecule has 1 N–H and O–H groups in total. The molecule has 33 heavy (non-hydrogen) atoms. The number of rotatable bonds is 2. The fraction of sp³-hybridized carbons (Fsp3) is 0.931. The van der Waals surface area contributed by atoms with Crippen LogP contribution in [0.4, 0.5) is 0 Å². The van der Waals surface area contributed by atoms with Crippen molar-refractivity contribution < 1.29 is 0 Å². The summed E-state index contributed by atoms with van der Waals surface area (Å²) in [5.74, 6) is 0. The lowest BCUT2D eigenvalue weighted by Gasteiger charge is -2.27. The Morgan fingerprint density at radius 1 is 0.424 bits per heavy atom. The molecule has 0 spiro atoms. The summed E-state index contributed by atoms with van der Waals surface area (Å²) in [6, 6.07) is 0. The van der Waals surface area contributed by atoms with Crippen molar-refractivity contribution in [2.24, 2.45) is 27.1 Å². The van der Waals surface area contributed by atoms with E-state index in [9.17, 15) is 0 Å². The van der Waals surface area contributed by atoms with Crippen molar-refractivity contribution in [3.8, 4) is 0 Å². The Morgan fingerprint density at radius 2 is 0.667 bits per heavy atom. The van der Waals surface area contributed by atoms with Gasteiger partial charge in [-0.1, -0.05) is 116 Å². The summed E-state index contributed by atoms with van der Waals surface area (Å²) < 4.78 is 0. The van der Waals surface area contributed by atoms with Crippen molar-refractivity contribution in [2.75, 3.05) is 6.54 Å². The van der Waals surface area contributed by atoms with Gasteiger partial charge in [-0.25, -0.2) is 0 Å². The maximum atomic E-state index is 3.46. The molecule has 0 saturated carbocycles. The fourth-order valence-electron chi connectivity index (χ4n) is 1.78. The summed E-state index contributed by atoms with van der Waals surface area (Å²) in [6.07, 6.45) is 7.20. The molecule has 0 unspecified atom stereocenters. The SMILES string of the molecule is CC(C)(C)/C=C\C(C)(C)C.CC(C)(C)CCC(C)(C)C.CC(C)(C)CNC(C)(C)C.[B].[B].[B]. The summed E-state index contributed by atoms with van der Waals surface area (Å²) >= 11 is 0. The Labute approximate surface area is 219 Å². The molecule has 0 heterocycles. The molecular formula is C29H63B3N. The monoisotopic (exact) mass is 459 g/mol. The van der Waals surface area contributed by atoms with Crippen LogP contribution in [0.15, 0.2) is 12.2 Å². The van der Waals surface area contributed by atoms with Gasteiger partial charge in [-0.15, -0.1) is 0 Å². The minimum atomic E-state index is 0. The van der Waals surface area contributed by atoms with Gasteiger partial charge in [-0.2, -0.15) is 0 Å². The van der Waals surface area contributed by atoms with Gasteiger partial charge in [-0.05, 0) is 60.7 Å². The van der Waals surface area contributed by atoms with Crippen LogP contribution in [0.3, 0.4) is 0 Å². The molecule has 0 aliphatic heterocycles. The van der Waals surface area contributed by atoms with E-state index >= 15 is 0 Å². The zero-order valence-electron chi connectivity index (χ0n) is 26.5. The number of nitrogens with one attached hydrogen (secondary N) is 1. The highest BCUT2D eigenvalue weighted by Gasteiger charge is 2.16. The van der Waals surface area contributed by atoms with Gasteiger partial charge in [0.25, 0.3) is 0 Å². The van der Waals surface area contributed by atoms with Crippen molar-refractivity contribution in [1.29, 1.82) is 0 Å². The lowest BCUT2D eigenvalue weighted by Crippen LogP contribution is -2.40. The number of allylic oxidation sites excluding steroid dienone is 2. The standard InChI is InChI=1S/C10H22.C10H20.C9H21N.3B/c2*1-9(2,3)7-8-10(4,5)6;1-8(2,3)7-10-9(4,5)6;;;/h7-8H2,1-6H3;7-8H,1-6H3;10H,7H2,1-6H3;;;/b;8-7-;;;;. The average Bonchev–Trinajstić information content (AvgIpc) is 2.38. The smallest absolute Gasteiger partial charge is 0.00967 e. The van der Waals surface area contributed by atoms with Gasteiger partial charge in [0.1, 0.15) is 0 Å². The van der Waals surface area contributed by atoms with Gasteiger partial charge in [0.05, 0.1) is 0 Å². The van der Waals surface area contributed by atoms with E-state index in [-0.39, 0.29) is 30.8 Å². The Hall–Kier alpha value is -0.105. The molecule has 1 nitrogen and oxygen atoms in total. The van der Waals surface area contributed by atoms with Crippen LogP contribution >= 0.6 is 0 Å². The lowest BCUT2D eigenvalue weighted by atomic mass is 9.81. The molecule has 193 valence electrons. The highest BCUT2D eigenvalue weighted by Crippen LogP contribution is 2.29. The van der Waals surface area contributed by atoms with E-state index in [2.05, 4.69) is 142 Å². The van der Waals surface area contributed by atoms with Gasteiger partial charge in [0.2, 0.25) is 0 Å². The second kappa shape index (κ2) is 17.3. The van der Waals surface area contributed by atoms with E-state index in [0.717, 1.165) is 6.54 Å². The van der Waals surface area contributed by atoms with Crippen LogP contribution in [0.2, 0.25) is 0 Å². The van der Waals surface area contributed by atoms with Crippen molar-refractivity contribution in [2.45, 2.75) is 143 Å². The molecule has 0 amide bonds. The molecule has 0 aromatic carbocycles. The second-order valence-electron chi connectivity index (χ2n) is 15.9.